The molecule has 0 amide bonds. The number of ether oxygens (including phenoxy) is 3. The van der Waals surface area contributed by atoms with Gasteiger partial charge in [-0.2, -0.15) is 0 Å². The first-order valence-electron chi connectivity index (χ1n) is 4.02. The summed E-state index contributed by atoms with van der Waals surface area (Å²) in [6, 6.07) is 0. The summed E-state index contributed by atoms with van der Waals surface area (Å²) in [5.41, 5.74) is 0. The molecule has 0 bridgehead atoms. The summed E-state index contributed by atoms with van der Waals surface area (Å²) in [6.07, 6.45) is -1.77. The molecule has 0 aliphatic carbocycles. The van der Waals surface area contributed by atoms with Crippen molar-refractivity contribution in [2.24, 2.45) is 0 Å². The molecule has 0 aliphatic rings. The fourth-order valence-corrected chi connectivity index (χ4v) is 1.19. The molecule has 0 radical (unpaired) electrons. The predicted octanol–water partition coefficient (Wildman–Crippen LogP) is -0.450. The molecule has 0 spiro atoms. The number of carboxylic acid groups (broad SMARTS) is 2. The minimum absolute atomic E-state index is 0.537. The van der Waals surface area contributed by atoms with Crippen LogP contribution in [0.3, 0.4) is 0 Å². The Morgan fingerprint density at radius 1 is 1.20 bits per heavy atom. The first-order valence-corrected chi connectivity index (χ1v) is 4.02. The van der Waals surface area contributed by atoms with E-state index in [9.17, 15) is 9.59 Å². The first-order chi connectivity index (χ1) is 6.94. The number of hydrogen-bond donors (Lipinski definition) is 2. The lowest BCUT2D eigenvalue weighted by Gasteiger charge is -2.32. The Hall–Kier alpha value is -1.18. The molecule has 0 aromatic carbocycles. The van der Waals surface area contributed by atoms with Gasteiger partial charge in [0, 0.05) is 21.3 Å². The Labute approximate surface area is 86.5 Å². The van der Waals surface area contributed by atoms with Crippen LogP contribution < -0.4 is 0 Å². The Balaban J connectivity index is 4.99. The third-order valence-corrected chi connectivity index (χ3v) is 1.97. The van der Waals surface area contributed by atoms with Gasteiger partial charge in [-0.05, 0) is 0 Å². The van der Waals surface area contributed by atoms with Crippen LogP contribution in [0.15, 0.2) is 0 Å². The molecule has 88 valence electrons. The maximum Gasteiger partial charge on any atom is 0.367 e. The largest absolute Gasteiger partial charge is 0.481 e. The lowest BCUT2D eigenvalue weighted by Crippen LogP contribution is -2.54. The second-order valence-electron chi connectivity index (χ2n) is 2.70. The third kappa shape index (κ3) is 2.88. The lowest BCUT2D eigenvalue weighted by molar-refractivity contribution is -0.264. The van der Waals surface area contributed by atoms with Gasteiger partial charge >= 0.3 is 11.9 Å². The van der Waals surface area contributed by atoms with E-state index >= 15 is 0 Å². The molecule has 0 aromatic rings. The van der Waals surface area contributed by atoms with Gasteiger partial charge in [0.1, 0.15) is 6.10 Å². The Bertz CT molecular complexity index is 233. The fourth-order valence-electron chi connectivity index (χ4n) is 1.19. The second kappa shape index (κ2) is 5.64. The number of methoxy groups -OCH3 is 3. The van der Waals surface area contributed by atoms with Crippen molar-refractivity contribution in [2.45, 2.75) is 18.3 Å². The van der Waals surface area contributed by atoms with E-state index in [1.807, 2.05) is 0 Å². The van der Waals surface area contributed by atoms with E-state index in [2.05, 4.69) is 0 Å². The molecule has 0 saturated carbocycles. The summed E-state index contributed by atoms with van der Waals surface area (Å²) < 4.78 is 14.1. The monoisotopic (exact) mass is 222 g/mol. The van der Waals surface area contributed by atoms with Gasteiger partial charge in [-0.3, -0.25) is 4.79 Å². The van der Waals surface area contributed by atoms with Crippen LogP contribution in [-0.4, -0.2) is 55.4 Å². The number of rotatable bonds is 7. The van der Waals surface area contributed by atoms with E-state index < -0.39 is 30.3 Å². The van der Waals surface area contributed by atoms with Crippen LogP contribution in [0.4, 0.5) is 0 Å². The van der Waals surface area contributed by atoms with Crippen LogP contribution in [0.25, 0.3) is 0 Å². The van der Waals surface area contributed by atoms with Gasteiger partial charge in [-0.15, -0.1) is 0 Å². The molecule has 0 fully saturated rings. The normalized spacial score (nSPS) is 13.5. The minimum Gasteiger partial charge on any atom is -0.481 e. The van der Waals surface area contributed by atoms with Crippen LogP contribution >= 0.6 is 0 Å². The molecule has 0 aromatic heterocycles. The highest BCUT2D eigenvalue weighted by Gasteiger charge is 2.49. The van der Waals surface area contributed by atoms with Crippen molar-refractivity contribution < 1.29 is 34.0 Å². The van der Waals surface area contributed by atoms with E-state index in [-0.39, 0.29) is 0 Å². The highest BCUT2D eigenvalue weighted by atomic mass is 16.7. The second-order valence-corrected chi connectivity index (χ2v) is 2.70. The zero-order valence-electron chi connectivity index (χ0n) is 8.72. The van der Waals surface area contributed by atoms with Gasteiger partial charge in [-0.1, -0.05) is 0 Å². The van der Waals surface area contributed by atoms with Crippen molar-refractivity contribution in [1.82, 2.24) is 0 Å². The Morgan fingerprint density at radius 2 is 1.67 bits per heavy atom. The quantitative estimate of drug-likeness (QED) is 0.562. The standard InChI is InChI=1S/C8H14O7/c1-13-5(4-6(9)10)8(14-2,15-3)7(11)12/h5H,4H2,1-3H3,(H,9,10)(H,11,12). The highest BCUT2D eigenvalue weighted by Crippen LogP contribution is 2.22. The highest BCUT2D eigenvalue weighted by molar-refractivity contribution is 5.78. The molecule has 0 heterocycles. The van der Waals surface area contributed by atoms with E-state index in [4.69, 9.17) is 24.4 Å². The molecule has 1 unspecified atom stereocenters. The van der Waals surface area contributed by atoms with E-state index in [0.717, 1.165) is 14.2 Å². The zero-order chi connectivity index (χ0) is 12.1. The molecule has 0 saturated heterocycles. The van der Waals surface area contributed by atoms with Crippen molar-refractivity contribution in [3.05, 3.63) is 0 Å². The number of carboxylic acids is 2. The molecular formula is C8H14O7. The average molecular weight is 222 g/mol. The maximum absolute atomic E-state index is 10.9. The Kier molecular flexibility index (Phi) is 5.20. The van der Waals surface area contributed by atoms with Crippen molar-refractivity contribution in [3.8, 4) is 0 Å². The van der Waals surface area contributed by atoms with Crippen LogP contribution in [0.5, 0.6) is 0 Å². The average Bonchev–Trinajstić information content (AvgIpc) is 2.17. The van der Waals surface area contributed by atoms with E-state index in [0.29, 0.717) is 0 Å². The van der Waals surface area contributed by atoms with Gasteiger partial charge in [0.05, 0.1) is 6.42 Å². The smallest absolute Gasteiger partial charge is 0.367 e. The van der Waals surface area contributed by atoms with Gasteiger partial charge in [0.25, 0.3) is 5.79 Å². The van der Waals surface area contributed by atoms with Crippen LogP contribution in [0.1, 0.15) is 6.42 Å². The summed E-state index contributed by atoms with van der Waals surface area (Å²) >= 11 is 0. The number of aliphatic carboxylic acids is 2. The van der Waals surface area contributed by atoms with Crippen molar-refractivity contribution >= 4 is 11.9 Å². The van der Waals surface area contributed by atoms with E-state index in [1.165, 1.54) is 7.11 Å². The van der Waals surface area contributed by atoms with Crippen molar-refractivity contribution in [2.75, 3.05) is 21.3 Å². The molecule has 0 rings (SSSR count). The minimum atomic E-state index is -2.10. The SMILES string of the molecule is COC(CC(=O)O)C(OC)(OC)C(=O)O. The number of carbonyl (C=O) groups is 2. The molecule has 15 heavy (non-hydrogen) atoms. The van der Waals surface area contributed by atoms with Crippen LogP contribution in [-0.2, 0) is 23.8 Å². The topological polar surface area (TPSA) is 102 Å². The summed E-state index contributed by atoms with van der Waals surface area (Å²) in [6.45, 7) is 0. The number of hydrogen-bond acceptors (Lipinski definition) is 5. The third-order valence-electron chi connectivity index (χ3n) is 1.97. The molecule has 1 atom stereocenters. The predicted molar refractivity (Wildman–Crippen MR) is 47.4 cm³/mol. The van der Waals surface area contributed by atoms with Crippen molar-refractivity contribution in [1.29, 1.82) is 0 Å². The molecule has 0 aliphatic heterocycles. The fraction of sp³-hybridized carbons (Fsp3) is 0.750. The van der Waals surface area contributed by atoms with Gasteiger partial charge in [0.15, 0.2) is 0 Å². The molecule has 7 nitrogen and oxygen atoms in total. The van der Waals surface area contributed by atoms with Gasteiger partial charge in [-0.25, -0.2) is 4.79 Å². The van der Waals surface area contributed by atoms with Crippen molar-refractivity contribution in [3.63, 3.8) is 0 Å². The summed E-state index contributed by atoms with van der Waals surface area (Å²) in [5.74, 6) is -4.75. The lowest BCUT2D eigenvalue weighted by atomic mass is 10.1. The van der Waals surface area contributed by atoms with E-state index in [1.54, 1.807) is 0 Å². The van der Waals surface area contributed by atoms with Crippen LogP contribution in [0.2, 0.25) is 0 Å². The summed E-state index contributed by atoms with van der Waals surface area (Å²) in [7, 11) is 3.39. The Morgan fingerprint density at radius 3 is 1.87 bits per heavy atom. The van der Waals surface area contributed by atoms with Gasteiger partial charge in [0.2, 0.25) is 0 Å². The van der Waals surface area contributed by atoms with Crippen LogP contribution in [0, 0.1) is 0 Å². The van der Waals surface area contributed by atoms with Gasteiger partial charge < -0.3 is 24.4 Å². The zero-order valence-corrected chi connectivity index (χ0v) is 8.72. The maximum atomic E-state index is 10.9. The molecule has 2 N–H and O–H groups in total. The molecular weight excluding hydrogens is 208 g/mol. The molecule has 7 heteroatoms. The summed E-state index contributed by atoms with van der Waals surface area (Å²) in [5, 5.41) is 17.5. The summed E-state index contributed by atoms with van der Waals surface area (Å²) in [4.78, 5) is 21.4. The first kappa shape index (κ1) is 13.8.